The fourth-order valence-electron chi connectivity index (χ4n) is 0.617. The van der Waals surface area contributed by atoms with Crippen LogP contribution in [0.25, 0.3) is 0 Å². The second kappa shape index (κ2) is 4.37. The first-order valence-electron chi connectivity index (χ1n) is 3.90. The van der Waals surface area contributed by atoms with Crippen LogP contribution in [0.2, 0.25) is 0 Å². The van der Waals surface area contributed by atoms with Crippen molar-refractivity contribution in [2.24, 2.45) is 0 Å². The van der Waals surface area contributed by atoms with Gasteiger partial charge in [0, 0.05) is 0 Å². The molecule has 0 spiro atoms. The van der Waals surface area contributed by atoms with Gasteiger partial charge in [-0.3, -0.25) is 5.32 Å². The zero-order valence-corrected chi connectivity index (χ0v) is 8.01. The summed E-state index contributed by atoms with van der Waals surface area (Å²) in [7, 11) is 0. The van der Waals surface area contributed by atoms with Crippen molar-refractivity contribution in [2.75, 3.05) is 6.61 Å². The number of halogens is 3. The van der Waals surface area contributed by atoms with Gasteiger partial charge in [-0.15, -0.1) is 0 Å². The number of alkyl carbamates (subject to hydrolysis) is 1. The van der Waals surface area contributed by atoms with E-state index in [1.165, 1.54) is 12.2 Å². The second-order valence-corrected chi connectivity index (χ2v) is 2.77. The SMILES string of the molecule is CCOC(=O)NC(C)(C(=O)O)C(F)(F)F. The molecule has 0 aliphatic rings. The number of carbonyl (C=O) groups excluding carboxylic acids is 1. The fraction of sp³-hybridized carbons (Fsp3) is 0.714. The van der Waals surface area contributed by atoms with Crippen LogP contribution >= 0.6 is 0 Å². The predicted octanol–water partition coefficient (Wildman–Crippen LogP) is 1.14. The number of nitrogens with one attached hydrogen (secondary N) is 1. The molecule has 0 radical (unpaired) electrons. The van der Waals surface area contributed by atoms with Crippen LogP contribution in [-0.4, -0.2) is 35.5 Å². The zero-order valence-electron chi connectivity index (χ0n) is 8.01. The van der Waals surface area contributed by atoms with E-state index in [1.807, 2.05) is 0 Å². The summed E-state index contributed by atoms with van der Waals surface area (Å²) in [4.78, 5) is 21.1. The summed E-state index contributed by atoms with van der Waals surface area (Å²) in [5.41, 5.74) is -3.35. The highest BCUT2D eigenvalue weighted by atomic mass is 19.4. The van der Waals surface area contributed by atoms with Gasteiger partial charge in [-0.05, 0) is 13.8 Å². The Balaban J connectivity index is 4.84. The van der Waals surface area contributed by atoms with Gasteiger partial charge in [0.25, 0.3) is 0 Å². The summed E-state index contributed by atoms with van der Waals surface area (Å²) in [6, 6.07) is 0. The summed E-state index contributed by atoms with van der Waals surface area (Å²) in [6.07, 6.45) is -6.54. The largest absolute Gasteiger partial charge is 0.479 e. The maximum atomic E-state index is 12.3. The lowest BCUT2D eigenvalue weighted by molar-refractivity contribution is -0.204. The van der Waals surface area contributed by atoms with Gasteiger partial charge in [0.15, 0.2) is 0 Å². The molecule has 1 unspecified atom stereocenters. The number of alkyl halides is 3. The first-order valence-corrected chi connectivity index (χ1v) is 3.90. The van der Waals surface area contributed by atoms with Crippen molar-refractivity contribution < 1.29 is 32.6 Å². The maximum Gasteiger partial charge on any atom is 0.422 e. The van der Waals surface area contributed by atoms with Crippen LogP contribution in [0.4, 0.5) is 18.0 Å². The lowest BCUT2D eigenvalue weighted by Gasteiger charge is -2.27. The Bertz CT molecular complexity index is 265. The highest BCUT2D eigenvalue weighted by Gasteiger charge is 2.58. The molecule has 0 bridgehead atoms. The molecule has 0 fully saturated rings. The molecule has 0 aromatic rings. The minimum atomic E-state index is -5.11. The molecule has 0 aliphatic heterocycles. The van der Waals surface area contributed by atoms with Gasteiger partial charge in [-0.25, -0.2) is 9.59 Å². The summed E-state index contributed by atoms with van der Waals surface area (Å²) < 4.78 is 41.1. The molecule has 0 saturated heterocycles. The number of carboxylic acids is 1. The van der Waals surface area contributed by atoms with E-state index in [0.29, 0.717) is 6.92 Å². The molecule has 5 nitrogen and oxygen atoms in total. The van der Waals surface area contributed by atoms with E-state index in [4.69, 9.17) is 5.11 Å². The van der Waals surface area contributed by atoms with Crippen LogP contribution in [0, 0.1) is 0 Å². The number of carbonyl (C=O) groups is 2. The third-order valence-corrected chi connectivity index (χ3v) is 1.62. The Kier molecular flexibility index (Phi) is 3.94. The Morgan fingerprint density at radius 2 is 1.87 bits per heavy atom. The molecule has 0 heterocycles. The van der Waals surface area contributed by atoms with Gasteiger partial charge in [0.1, 0.15) is 0 Å². The third-order valence-electron chi connectivity index (χ3n) is 1.62. The minimum Gasteiger partial charge on any atom is -0.479 e. The second-order valence-electron chi connectivity index (χ2n) is 2.77. The van der Waals surface area contributed by atoms with Crippen molar-refractivity contribution >= 4 is 12.1 Å². The minimum absolute atomic E-state index is 0.153. The number of hydrogen-bond donors (Lipinski definition) is 2. The standard InChI is InChI=1S/C7H10F3NO4/c1-3-15-5(14)11-6(2,4(12)13)7(8,9)10/h3H2,1-2H3,(H,11,14)(H,12,13). The van der Waals surface area contributed by atoms with E-state index in [0.717, 1.165) is 0 Å². The number of ether oxygens (including phenoxy) is 1. The number of aliphatic carboxylic acids is 1. The predicted molar refractivity (Wildman–Crippen MR) is 42.3 cm³/mol. The molecule has 0 rings (SSSR count). The Morgan fingerprint density at radius 1 is 1.40 bits per heavy atom. The van der Waals surface area contributed by atoms with Crippen LogP contribution in [0.3, 0.4) is 0 Å². The topological polar surface area (TPSA) is 75.6 Å². The maximum absolute atomic E-state index is 12.3. The summed E-state index contributed by atoms with van der Waals surface area (Å²) >= 11 is 0. The van der Waals surface area contributed by atoms with Gasteiger partial charge in [-0.1, -0.05) is 0 Å². The molecule has 1 amide bonds. The summed E-state index contributed by atoms with van der Waals surface area (Å²) in [5, 5.41) is 9.64. The normalized spacial score (nSPS) is 15.3. The summed E-state index contributed by atoms with van der Waals surface area (Å²) in [5.74, 6) is -2.21. The monoisotopic (exact) mass is 229 g/mol. The molecule has 15 heavy (non-hydrogen) atoms. The van der Waals surface area contributed by atoms with Crippen molar-refractivity contribution in [1.29, 1.82) is 0 Å². The van der Waals surface area contributed by atoms with E-state index in [-0.39, 0.29) is 6.61 Å². The van der Waals surface area contributed by atoms with Gasteiger partial charge in [-0.2, -0.15) is 13.2 Å². The van der Waals surface area contributed by atoms with Gasteiger partial charge < -0.3 is 9.84 Å². The van der Waals surface area contributed by atoms with Crippen molar-refractivity contribution in [3.63, 3.8) is 0 Å². The number of rotatable bonds is 3. The quantitative estimate of drug-likeness (QED) is 0.760. The Hall–Kier alpha value is -1.47. The molecule has 1 atom stereocenters. The van der Waals surface area contributed by atoms with Crippen molar-refractivity contribution in [2.45, 2.75) is 25.6 Å². The Labute approximate surface area is 83.2 Å². The Morgan fingerprint density at radius 3 is 2.13 bits per heavy atom. The van der Waals surface area contributed by atoms with E-state index in [2.05, 4.69) is 4.74 Å². The van der Waals surface area contributed by atoms with Gasteiger partial charge in [0.05, 0.1) is 6.61 Å². The molecule has 88 valence electrons. The van der Waals surface area contributed by atoms with Crippen LogP contribution in [0.5, 0.6) is 0 Å². The third kappa shape index (κ3) is 3.00. The average Bonchev–Trinajstić information content (AvgIpc) is 2.01. The van der Waals surface area contributed by atoms with E-state index in [9.17, 15) is 22.8 Å². The van der Waals surface area contributed by atoms with Crippen LogP contribution < -0.4 is 5.32 Å². The number of carboxylic acid groups (broad SMARTS) is 1. The molecule has 2 N–H and O–H groups in total. The average molecular weight is 229 g/mol. The fourth-order valence-corrected chi connectivity index (χ4v) is 0.617. The highest BCUT2D eigenvalue weighted by molar-refractivity contribution is 5.84. The van der Waals surface area contributed by atoms with Crippen LogP contribution in [0.15, 0.2) is 0 Å². The molecular formula is C7H10F3NO4. The van der Waals surface area contributed by atoms with Crippen molar-refractivity contribution in [3.8, 4) is 0 Å². The molecule has 0 aromatic heterocycles. The summed E-state index contributed by atoms with van der Waals surface area (Å²) in [6.45, 7) is 1.57. The number of hydrogen-bond acceptors (Lipinski definition) is 3. The molecule has 0 aliphatic carbocycles. The van der Waals surface area contributed by atoms with Crippen molar-refractivity contribution in [3.05, 3.63) is 0 Å². The van der Waals surface area contributed by atoms with Gasteiger partial charge in [0.2, 0.25) is 5.54 Å². The van der Waals surface area contributed by atoms with Crippen LogP contribution in [0.1, 0.15) is 13.8 Å². The lowest BCUT2D eigenvalue weighted by atomic mass is 10.0. The van der Waals surface area contributed by atoms with Gasteiger partial charge >= 0.3 is 18.2 Å². The molecule has 0 aromatic carbocycles. The van der Waals surface area contributed by atoms with E-state index >= 15 is 0 Å². The molecule has 0 saturated carbocycles. The van der Waals surface area contributed by atoms with Crippen molar-refractivity contribution in [1.82, 2.24) is 5.32 Å². The van der Waals surface area contributed by atoms with E-state index in [1.54, 1.807) is 0 Å². The molecular weight excluding hydrogens is 219 g/mol. The number of amides is 1. The lowest BCUT2D eigenvalue weighted by Crippen LogP contribution is -2.62. The first-order chi connectivity index (χ1) is 6.65. The van der Waals surface area contributed by atoms with Crippen LogP contribution in [-0.2, 0) is 9.53 Å². The first kappa shape index (κ1) is 13.5. The van der Waals surface area contributed by atoms with E-state index < -0.39 is 23.8 Å². The highest BCUT2D eigenvalue weighted by Crippen LogP contribution is 2.30. The zero-order chi connectivity index (χ0) is 12.3. The smallest absolute Gasteiger partial charge is 0.422 e. The molecule has 8 heteroatoms.